The highest BCUT2D eigenvalue weighted by Gasteiger charge is 2.04. The molecule has 0 unspecified atom stereocenters. The van der Waals surface area contributed by atoms with Crippen molar-refractivity contribution in [3.63, 3.8) is 0 Å². The number of rotatable bonds is 13. The first-order valence-electron chi connectivity index (χ1n) is 8.36. The summed E-state index contributed by atoms with van der Waals surface area (Å²) >= 11 is 0. The summed E-state index contributed by atoms with van der Waals surface area (Å²) in [5, 5.41) is 0. The zero-order valence-corrected chi connectivity index (χ0v) is 13.4. The second-order valence-corrected chi connectivity index (χ2v) is 5.82. The predicted molar refractivity (Wildman–Crippen MR) is 89.0 cm³/mol. The summed E-state index contributed by atoms with van der Waals surface area (Å²) in [4.78, 5) is 11.3. The largest absolute Gasteiger partial charge is 0.463 e. The Labute approximate surface area is 127 Å². The van der Waals surface area contributed by atoms with Crippen LogP contribution in [0.15, 0.2) is 0 Å². The fraction of sp³-hybridized carbons (Fsp3) is 0.944. The van der Waals surface area contributed by atoms with Gasteiger partial charge in [-0.2, -0.15) is 0 Å². The number of carbonyl (C=O) groups excluding carboxylic acids is 1. The lowest BCUT2D eigenvalue weighted by molar-refractivity contribution is -0.147. The Morgan fingerprint density at radius 2 is 1.20 bits per heavy atom. The number of unbranched alkanes of at least 4 members (excludes halogenated alkanes) is 10. The molecule has 0 N–H and O–H groups in total. The third-order valence-corrected chi connectivity index (χ3v) is 3.35. The molecule has 2 nitrogen and oxygen atoms in total. The molecule has 0 saturated carbocycles. The second-order valence-electron chi connectivity index (χ2n) is 5.82. The Bertz CT molecular complexity index is 200. The fourth-order valence-corrected chi connectivity index (χ4v) is 2.26. The molecular formula is C18H38O2. The molecule has 0 bridgehead atoms. The summed E-state index contributed by atoms with van der Waals surface area (Å²) in [6.45, 7) is 6.06. The highest BCUT2D eigenvalue weighted by molar-refractivity contribution is 5.69. The second kappa shape index (κ2) is 16.5. The van der Waals surface area contributed by atoms with E-state index in [9.17, 15) is 4.79 Å². The minimum Gasteiger partial charge on any atom is -0.463 e. The van der Waals surface area contributed by atoms with Crippen LogP contribution in [0, 0.1) is 0 Å². The Hall–Kier alpha value is -0.530. The molecule has 0 saturated heterocycles. The monoisotopic (exact) mass is 286 g/mol. The molecule has 0 amide bonds. The van der Waals surface area contributed by atoms with Gasteiger partial charge in [0.15, 0.2) is 0 Å². The maximum Gasteiger partial charge on any atom is 0.306 e. The molecule has 0 aromatic heterocycles. The van der Waals surface area contributed by atoms with Crippen LogP contribution in [0.25, 0.3) is 0 Å². The van der Waals surface area contributed by atoms with Gasteiger partial charge in [-0.05, 0) is 20.3 Å². The molecule has 0 aliphatic carbocycles. The van der Waals surface area contributed by atoms with Gasteiger partial charge in [0.2, 0.25) is 0 Å². The van der Waals surface area contributed by atoms with Crippen molar-refractivity contribution in [2.45, 2.75) is 111 Å². The van der Waals surface area contributed by atoms with E-state index in [1.807, 2.05) is 13.8 Å². The van der Waals surface area contributed by atoms with Gasteiger partial charge in [0.05, 0.1) is 6.10 Å². The standard InChI is InChI=1S/C17H34O2.CH4/c1-4-5-6-7-8-9-10-11-12-13-14-15-17(18)19-16(2)3;/h16H,4-15H2,1-3H3;1H4. The number of carbonyl (C=O) groups is 1. The number of esters is 1. The van der Waals surface area contributed by atoms with E-state index in [1.165, 1.54) is 64.2 Å². The molecular weight excluding hydrogens is 248 g/mol. The Balaban J connectivity index is 0. The van der Waals surface area contributed by atoms with Crippen molar-refractivity contribution in [2.75, 3.05) is 0 Å². The third-order valence-electron chi connectivity index (χ3n) is 3.35. The van der Waals surface area contributed by atoms with Crippen molar-refractivity contribution in [3.8, 4) is 0 Å². The predicted octanol–water partition coefficient (Wildman–Crippen LogP) is 6.28. The van der Waals surface area contributed by atoms with E-state index in [0.717, 1.165) is 6.42 Å². The van der Waals surface area contributed by atoms with Crippen LogP contribution in [0.2, 0.25) is 0 Å². The summed E-state index contributed by atoms with van der Waals surface area (Å²) < 4.78 is 5.10. The lowest BCUT2D eigenvalue weighted by Gasteiger charge is -2.07. The van der Waals surface area contributed by atoms with E-state index >= 15 is 0 Å². The quantitative estimate of drug-likeness (QED) is 0.294. The van der Waals surface area contributed by atoms with Gasteiger partial charge in [-0.3, -0.25) is 4.79 Å². The van der Waals surface area contributed by atoms with Crippen molar-refractivity contribution in [3.05, 3.63) is 0 Å². The Kier molecular flexibility index (Phi) is 18.0. The topological polar surface area (TPSA) is 26.3 Å². The molecule has 0 aliphatic heterocycles. The van der Waals surface area contributed by atoms with Crippen LogP contribution < -0.4 is 0 Å². The molecule has 0 rings (SSSR count). The molecule has 0 aromatic rings. The average Bonchev–Trinajstić information content (AvgIpc) is 2.35. The first-order chi connectivity index (χ1) is 9.16. The van der Waals surface area contributed by atoms with Crippen molar-refractivity contribution in [2.24, 2.45) is 0 Å². The lowest BCUT2D eigenvalue weighted by atomic mass is 10.1. The number of ether oxygens (including phenoxy) is 1. The van der Waals surface area contributed by atoms with Gasteiger partial charge in [-0.25, -0.2) is 0 Å². The van der Waals surface area contributed by atoms with Crippen LogP contribution in [0.3, 0.4) is 0 Å². The summed E-state index contributed by atoms with van der Waals surface area (Å²) in [5.74, 6) is -0.0362. The molecule has 122 valence electrons. The van der Waals surface area contributed by atoms with Crippen molar-refractivity contribution in [1.82, 2.24) is 0 Å². The van der Waals surface area contributed by atoms with E-state index in [2.05, 4.69) is 6.92 Å². The normalized spacial score (nSPS) is 10.4. The Morgan fingerprint density at radius 1 is 0.800 bits per heavy atom. The maximum absolute atomic E-state index is 11.3. The van der Waals surface area contributed by atoms with Crippen molar-refractivity contribution >= 4 is 5.97 Å². The highest BCUT2D eigenvalue weighted by Crippen LogP contribution is 2.12. The third kappa shape index (κ3) is 17.5. The van der Waals surface area contributed by atoms with Crippen LogP contribution >= 0.6 is 0 Å². The summed E-state index contributed by atoms with van der Waals surface area (Å²) in [6.07, 6.45) is 15.1. The SMILES string of the molecule is C.CCCCCCCCCCCCCC(=O)OC(C)C. The van der Waals surface area contributed by atoms with Gasteiger partial charge < -0.3 is 4.74 Å². The Morgan fingerprint density at radius 3 is 1.60 bits per heavy atom. The molecule has 0 heterocycles. The van der Waals surface area contributed by atoms with E-state index in [-0.39, 0.29) is 19.5 Å². The van der Waals surface area contributed by atoms with Crippen molar-refractivity contribution < 1.29 is 9.53 Å². The van der Waals surface area contributed by atoms with Crippen LogP contribution in [0.1, 0.15) is 105 Å². The molecule has 0 atom stereocenters. The average molecular weight is 286 g/mol. The lowest BCUT2D eigenvalue weighted by Crippen LogP contribution is -2.10. The zero-order valence-electron chi connectivity index (χ0n) is 13.4. The number of hydrogen-bond donors (Lipinski definition) is 0. The molecule has 0 radical (unpaired) electrons. The summed E-state index contributed by atoms with van der Waals surface area (Å²) in [7, 11) is 0. The molecule has 20 heavy (non-hydrogen) atoms. The maximum atomic E-state index is 11.3. The molecule has 2 heteroatoms. The smallest absolute Gasteiger partial charge is 0.306 e. The molecule has 0 spiro atoms. The van der Waals surface area contributed by atoms with Crippen LogP contribution in [0.5, 0.6) is 0 Å². The fourth-order valence-electron chi connectivity index (χ4n) is 2.26. The van der Waals surface area contributed by atoms with E-state index in [0.29, 0.717) is 6.42 Å². The van der Waals surface area contributed by atoms with Gasteiger partial charge in [-0.15, -0.1) is 0 Å². The van der Waals surface area contributed by atoms with Gasteiger partial charge in [0.25, 0.3) is 0 Å². The minimum atomic E-state index is -0.0362. The van der Waals surface area contributed by atoms with E-state index in [1.54, 1.807) is 0 Å². The number of hydrogen-bond acceptors (Lipinski definition) is 2. The molecule has 0 fully saturated rings. The van der Waals surface area contributed by atoms with E-state index < -0.39 is 0 Å². The first-order valence-corrected chi connectivity index (χ1v) is 8.36. The van der Waals surface area contributed by atoms with Gasteiger partial charge in [0, 0.05) is 6.42 Å². The zero-order chi connectivity index (χ0) is 14.3. The first kappa shape index (κ1) is 21.8. The van der Waals surface area contributed by atoms with Crippen LogP contribution in [-0.4, -0.2) is 12.1 Å². The molecule has 0 aromatic carbocycles. The summed E-state index contributed by atoms with van der Waals surface area (Å²) in [5.41, 5.74) is 0. The van der Waals surface area contributed by atoms with Gasteiger partial charge >= 0.3 is 5.97 Å². The van der Waals surface area contributed by atoms with E-state index in [4.69, 9.17) is 4.74 Å². The van der Waals surface area contributed by atoms with Crippen molar-refractivity contribution in [1.29, 1.82) is 0 Å². The van der Waals surface area contributed by atoms with Gasteiger partial charge in [0.1, 0.15) is 0 Å². The van der Waals surface area contributed by atoms with Gasteiger partial charge in [-0.1, -0.05) is 78.6 Å². The molecule has 0 aliphatic rings. The summed E-state index contributed by atoms with van der Waals surface area (Å²) in [6, 6.07) is 0. The highest BCUT2D eigenvalue weighted by atomic mass is 16.5. The minimum absolute atomic E-state index is 0. The van der Waals surface area contributed by atoms with Crippen LogP contribution in [-0.2, 0) is 9.53 Å². The van der Waals surface area contributed by atoms with Crippen LogP contribution in [0.4, 0.5) is 0 Å².